The van der Waals surface area contributed by atoms with Gasteiger partial charge in [0.1, 0.15) is 0 Å². The number of rotatable bonds is 4. The highest BCUT2D eigenvalue weighted by Gasteiger charge is 1.90. The molecule has 0 fully saturated rings. The van der Waals surface area contributed by atoms with Crippen molar-refractivity contribution >= 4 is 18.0 Å². The van der Waals surface area contributed by atoms with E-state index in [9.17, 15) is 9.59 Å². The van der Waals surface area contributed by atoms with Gasteiger partial charge in [0.15, 0.2) is 0 Å². The van der Waals surface area contributed by atoms with Gasteiger partial charge in [-0.1, -0.05) is 55.1 Å². The minimum absolute atomic E-state index is 0. The summed E-state index contributed by atoms with van der Waals surface area (Å²) in [6.07, 6.45) is 6.14. The van der Waals surface area contributed by atoms with Crippen molar-refractivity contribution in [2.45, 2.75) is 6.92 Å². The highest BCUT2D eigenvalue weighted by Crippen LogP contribution is 2.00. The summed E-state index contributed by atoms with van der Waals surface area (Å²) in [6.45, 7) is 4.60. The van der Waals surface area contributed by atoms with E-state index in [4.69, 9.17) is 10.2 Å². The summed E-state index contributed by atoms with van der Waals surface area (Å²) in [4.78, 5) is 19.7. The topological polar surface area (TPSA) is 110 Å². The summed E-state index contributed by atoms with van der Waals surface area (Å²) >= 11 is 0. The predicted molar refractivity (Wildman–Crippen MR) is 79.7 cm³/mol. The van der Waals surface area contributed by atoms with Gasteiger partial charge in [-0.15, -0.1) is 0 Å². The number of carbonyl (C=O) groups is 2. The second-order valence-electron chi connectivity index (χ2n) is 3.55. The van der Waals surface area contributed by atoms with Crippen LogP contribution in [0.5, 0.6) is 0 Å². The normalized spacial score (nSPS) is 9.45. The molecule has 1 rings (SSSR count). The number of benzene rings is 1. The Balaban J connectivity index is 0. The quantitative estimate of drug-likeness (QED) is 0.578. The molecular weight excluding hydrogens is 258 g/mol. The molecular formula is C15H19NO4. The highest BCUT2D eigenvalue weighted by molar-refractivity contribution is 5.84. The van der Waals surface area contributed by atoms with Crippen LogP contribution in [0.2, 0.25) is 0 Å². The van der Waals surface area contributed by atoms with Gasteiger partial charge in [-0.3, -0.25) is 0 Å². The fraction of sp³-hybridized carbons (Fsp3) is 0.0667. The smallest absolute Gasteiger partial charge is 0.330 e. The van der Waals surface area contributed by atoms with E-state index in [-0.39, 0.29) is 11.7 Å². The lowest BCUT2D eigenvalue weighted by Gasteiger charge is -1.87. The number of carboxylic acids is 2. The fourth-order valence-electron chi connectivity index (χ4n) is 0.869. The van der Waals surface area contributed by atoms with Gasteiger partial charge < -0.3 is 16.4 Å². The number of hydrogen-bond acceptors (Lipinski definition) is 3. The van der Waals surface area contributed by atoms with Crippen molar-refractivity contribution in [3.05, 3.63) is 66.3 Å². The Morgan fingerprint density at radius 1 is 1.10 bits per heavy atom. The minimum Gasteiger partial charge on any atom is -0.478 e. The van der Waals surface area contributed by atoms with E-state index in [2.05, 4.69) is 6.58 Å². The number of hydrogen-bond donors (Lipinski definition) is 3. The second kappa shape index (κ2) is 11.4. The first-order chi connectivity index (χ1) is 8.93. The Morgan fingerprint density at radius 2 is 1.60 bits per heavy atom. The van der Waals surface area contributed by atoms with Crippen LogP contribution in [0, 0.1) is 0 Å². The maximum Gasteiger partial charge on any atom is 0.330 e. The van der Waals surface area contributed by atoms with Crippen LogP contribution in [-0.4, -0.2) is 22.2 Å². The summed E-state index contributed by atoms with van der Waals surface area (Å²) in [6, 6.07) is 9.70. The van der Waals surface area contributed by atoms with E-state index < -0.39 is 11.9 Å². The van der Waals surface area contributed by atoms with Crippen molar-refractivity contribution in [3.8, 4) is 0 Å². The predicted octanol–water partition coefficient (Wildman–Crippen LogP) is 3.15. The maximum atomic E-state index is 10.1. The monoisotopic (exact) mass is 277 g/mol. The van der Waals surface area contributed by atoms with Crippen molar-refractivity contribution in [3.63, 3.8) is 0 Å². The number of aliphatic carboxylic acids is 2. The molecule has 5 nitrogen and oxygen atoms in total. The van der Waals surface area contributed by atoms with Crippen molar-refractivity contribution in [1.29, 1.82) is 0 Å². The lowest BCUT2D eigenvalue weighted by Crippen LogP contribution is -1.92. The van der Waals surface area contributed by atoms with Crippen LogP contribution in [0.25, 0.3) is 6.08 Å². The highest BCUT2D eigenvalue weighted by atomic mass is 16.4. The van der Waals surface area contributed by atoms with E-state index in [1.165, 1.54) is 13.0 Å². The molecule has 0 saturated carbocycles. The largest absolute Gasteiger partial charge is 0.478 e. The zero-order valence-electron chi connectivity index (χ0n) is 11.3. The molecule has 0 amide bonds. The van der Waals surface area contributed by atoms with Gasteiger partial charge in [0, 0.05) is 11.6 Å². The molecule has 1 aromatic carbocycles. The average molecular weight is 277 g/mol. The Hall–Kier alpha value is -2.66. The third-order valence-corrected chi connectivity index (χ3v) is 1.80. The Bertz CT molecular complexity index is 478. The first-order valence-corrected chi connectivity index (χ1v) is 5.45. The molecule has 0 spiro atoms. The van der Waals surface area contributed by atoms with Crippen molar-refractivity contribution in [1.82, 2.24) is 6.15 Å². The van der Waals surface area contributed by atoms with Crippen LogP contribution in [0.4, 0.5) is 0 Å². The van der Waals surface area contributed by atoms with E-state index in [0.29, 0.717) is 0 Å². The molecule has 0 radical (unpaired) electrons. The second-order valence-corrected chi connectivity index (χ2v) is 3.55. The van der Waals surface area contributed by atoms with E-state index in [1.807, 2.05) is 36.4 Å². The molecule has 5 N–H and O–H groups in total. The summed E-state index contributed by atoms with van der Waals surface area (Å²) in [5.74, 6) is -1.87. The molecule has 0 aromatic heterocycles. The molecule has 1 aromatic rings. The van der Waals surface area contributed by atoms with Crippen molar-refractivity contribution < 1.29 is 19.8 Å². The van der Waals surface area contributed by atoms with E-state index in [1.54, 1.807) is 6.08 Å². The van der Waals surface area contributed by atoms with Crippen LogP contribution < -0.4 is 6.15 Å². The van der Waals surface area contributed by atoms with Gasteiger partial charge in [-0.2, -0.15) is 0 Å². The van der Waals surface area contributed by atoms with Gasteiger partial charge in [-0.25, -0.2) is 9.59 Å². The maximum absolute atomic E-state index is 10.1. The van der Waals surface area contributed by atoms with Gasteiger partial charge in [0.25, 0.3) is 0 Å². The third kappa shape index (κ3) is 11.8. The molecule has 0 saturated heterocycles. The molecule has 5 heteroatoms. The van der Waals surface area contributed by atoms with E-state index >= 15 is 0 Å². The summed E-state index contributed by atoms with van der Waals surface area (Å²) in [5, 5.41) is 16.2. The molecule has 0 heterocycles. The number of carboxylic acid groups (broad SMARTS) is 2. The van der Waals surface area contributed by atoms with Crippen LogP contribution in [-0.2, 0) is 9.59 Å². The SMILES string of the molecule is C=C(C)C(=O)O.N.O=C(O)C=CC=Cc1ccccc1. The van der Waals surface area contributed by atoms with Crippen LogP contribution in [0.1, 0.15) is 12.5 Å². The fourth-order valence-corrected chi connectivity index (χ4v) is 0.869. The van der Waals surface area contributed by atoms with Gasteiger partial charge >= 0.3 is 11.9 Å². The minimum atomic E-state index is -0.935. The Kier molecular flexibility index (Phi) is 11.2. The first-order valence-electron chi connectivity index (χ1n) is 5.45. The number of allylic oxidation sites excluding steroid dienone is 2. The molecule has 108 valence electrons. The standard InChI is InChI=1S/C11H10O2.C4H6O2.H3N/c12-11(13)9-5-4-8-10-6-2-1-3-7-10;1-3(2)4(5)6;/h1-9H,(H,12,13);1H2,2H3,(H,5,6);1H3. The molecule has 0 aliphatic heterocycles. The van der Waals surface area contributed by atoms with Gasteiger partial charge in [0.05, 0.1) is 0 Å². The summed E-state index contributed by atoms with van der Waals surface area (Å²) in [7, 11) is 0. The summed E-state index contributed by atoms with van der Waals surface area (Å²) < 4.78 is 0. The molecule has 0 aliphatic carbocycles. The van der Waals surface area contributed by atoms with Crippen LogP contribution in [0.3, 0.4) is 0 Å². The van der Waals surface area contributed by atoms with Crippen molar-refractivity contribution in [2.24, 2.45) is 0 Å². The lowest BCUT2D eigenvalue weighted by molar-refractivity contribution is -0.133. The molecule has 20 heavy (non-hydrogen) atoms. The van der Waals surface area contributed by atoms with Gasteiger partial charge in [0.2, 0.25) is 0 Å². The molecule has 0 aliphatic rings. The zero-order valence-corrected chi connectivity index (χ0v) is 11.3. The van der Waals surface area contributed by atoms with Crippen LogP contribution >= 0.6 is 0 Å². The lowest BCUT2D eigenvalue weighted by atomic mass is 10.2. The average Bonchev–Trinajstić information content (AvgIpc) is 2.36. The molecule has 0 unspecified atom stereocenters. The third-order valence-electron chi connectivity index (χ3n) is 1.80. The first kappa shape index (κ1) is 19.7. The molecule has 0 bridgehead atoms. The Morgan fingerprint density at radius 3 is 2.00 bits per heavy atom. The molecule has 0 atom stereocenters. The van der Waals surface area contributed by atoms with Gasteiger partial charge in [-0.05, 0) is 12.5 Å². The van der Waals surface area contributed by atoms with Crippen LogP contribution in [0.15, 0.2) is 60.7 Å². The van der Waals surface area contributed by atoms with Crippen molar-refractivity contribution in [2.75, 3.05) is 0 Å². The van der Waals surface area contributed by atoms with E-state index in [0.717, 1.165) is 11.6 Å². The Labute approximate surface area is 118 Å². The zero-order chi connectivity index (χ0) is 14.7. The summed E-state index contributed by atoms with van der Waals surface area (Å²) in [5.41, 5.74) is 1.23.